The number of nitrogens with one attached hydrogen (secondary N) is 2. The van der Waals surface area contributed by atoms with E-state index in [1.54, 1.807) is 21.3 Å². The second-order valence-electron chi connectivity index (χ2n) is 7.59. The Labute approximate surface area is 179 Å². The van der Waals surface area contributed by atoms with Crippen LogP contribution >= 0.6 is 0 Å². The van der Waals surface area contributed by atoms with Crippen LogP contribution in [-0.4, -0.2) is 40.4 Å². The number of hydrogen-bond acceptors (Lipinski definition) is 4. The number of aryl methyl sites for hydroxylation is 1. The summed E-state index contributed by atoms with van der Waals surface area (Å²) in [6.07, 6.45) is 2.34. The second-order valence-corrected chi connectivity index (χ2v) is 7.59. The van der Waals surface area contributed by atoms with Crippen LogP contribution in [0.5, 0.6) is 11.5 Å². The first-order valence-corrected chi connectivity index (χ1v) is 10.5. The molecule has 6 heteroatoms. The maximum atomic E-state index is 6.14. The van der Waals surface area contributed by atoms with Crippen molar-refractivity contribution in [3.8, 4) is 11.5 Å². The summed E-state index contributed by atoms with van der Waals surface area (Å²) in [6.45, 7) is 4.34. The molecule has 3 rings (SSSR count). The first-order chi connectivity index (χ1) is 14.6. The molecule has 1 saturated heterocycles. The lowest BCUT2D eigenvalue weighted by Gasteiger charge is -2.32. The summed E-state index contributed by atoms with van der Waals surface area (Å²) in [4.78, 5) is 4.37. The highest BCUT2D eigenvalue weighted by atomic mass is 16.5. The Kier molecular flexibility index (Phi) is 7.97. The van der Waals surface area contributed by atoms with Gasteiger partial charge in [-0.2, -0.15) is 0 Å². The molecule has 0 saturated carbocycles. The molecule has 2 atom stereocenters. The number of nitrogens with zero attached hydrogens (tertiary/aromatic N) is 1. The lowest BCUT2D eigenvalue weighted by atomic mass is 9.89. The first-order valence-electron chi connectivity index (χ1n) is 10.5. The quantitative estimate of drug-likeness (QED) is 0.535. The average Bonchev–Trinajstić information content (AvgIpc) is 2.80. The van der Waals surface area contributed by atoms with Crippen LogP contribution in [0.1, 0.15) is 35.6 Å². The Morgan fingerprint density at radius 2 is 1.90 bits per heavy atom. The number of ether oxygens (including phenoxy) is 3. The molecule has 2 N–H and O–H groups in total. The summed E-state index contributed by atoms with van der Waals surface area (Å²) in [5, 5.41) is 6.85. The number of rotatable bonds is 7. The fraction of sp³-hybridized carbons (Fsp3) is 0.458. The standard InChI is InChI=1S/C24H33N3O3/c1-17-7-9-18(10-8-17)23-20(6-5-13-30-23)16-27-24(25-2)26-15-19-11-12-21(28-3)14-22(19)29-4/h7-12,14,20,23H,5-6,13,15-16H2,1-4H3,(H2,25,26,27). The number of benzene rings is 2. The molecule has 0 radical (unpaired) electrons. The van der Waals surface area contributed by atoms with E-state index in [4.69, 9.17) is 14.2 Å². The monoisotopic (exact) mass is 411 g/mol. The van der Waals surface area contributed by atoms with Crippen molar-refractivity contribution in [2.75, 3.05) is 34.4 Å². The van der Waals surface area contributed by atoms with E-state index in [1.165, 1.54) is 11.1 Å². The van der Waals surface area contributed by atoms with E-state index in [0.29, 0.717) is 12.5 Å². The number of guanidine groups is 1. The molecule has 0 amide bonds. The van der Waals surface area contributed by atoms with Crippen molar-refractivity contribution in [3.05, 3.63) is 59.2 Å². The minimum atomic E-state index is 0.117. The third-order valence-electron chi connectivity index (χ3n) is 5.55. The first kappa shape index (κ1) is 22.0. The molecule has 0 bridgehead atoms. The van der Waals surface area contributed by atoms with Crippen LogP contribution in [0.2, 0.25) is 0 Å². The van der Waals surface area contributed by atoms with Crippen molar-refractivity contribution in [1.82, 2.24) is 10.6 Å². The molecule has 0 spiro atoms. The minimum absolute atomic E-state index is 0.117. The van der Waals surface area contributed by atoms with E-state index in [2.05, 4.69) is 46.8 Å². The van der Waals surface area contributed by atoms with Gasteiger partial charge in [0.25, 0.3) is 0 Å². The van der Waals surface area contributed by atoms with Crippen molar-refractivity contribution >= 4 is 5.96 Å². The molecule has 2 aromatic rings. The second kappa shape index (κ2) is 10.9. The van der Waals surface area contributed by atoms with Crippen molar-refractivity contribution in [3.63, 3.8) is 0 Å². The van der Waals surface area contributed by atoms with E-state index < -0.39 is 0 Å². The summed E-state index contributed by atoms with van der Waals surface area (Å²) in [5.74, 6) is 2.73. The fourth-order valence-corrected chi connectivity index (χ4v) is 3.80. The zero-order valence-corrected chi connectivity index (χ0v) is 18.4. The number of aliphatic imine (C=N–C) groups is 1. The normalized spacial score (nSPS) is 19.3. The maximum Gasteiger partial charge on any atom is 0.191 e. The van der Waals surface area contributed by atoms with Gasteiger partial charge in [0.05, 0.1) is 20.3 Å². The van der Waals surface area contributed by atoms with E-state index in [-0.39, 0.29) is 6.10 Å². The molecule has 1 aliphatic heterocycles. The van der Waals surface area contributed by atoms with Gasteiger partial charge in [-0.05, 0) is 37.5 Å². The van der Waals surface area contributed by atoms with Crippen LogP contribution in [0, 0.1) is 12.8 Å². The van der Waals surface area contributed by atoms with Crippen LogP contribution in [0.25, 0.3) is 0 Å². The number of hydrogen-bond donors (Lipinski definition) is 2. The average molecular weight is 412 g/mol. The van der Waals surface area contributed by atoms with Crippen LogP contribution in [0.4, 0.5) is 0 Å². The minimum Gasteiger partial charge on any atom is -0.497 e. The fourth-order valence-electron chi connectivity index (χ4n) is 3.80. The van der Waals surface area contributed by atoms with Gasteiger partial charge in [0.1, 0.15) is 11.5 Å². The largest absolute Gasteiger partial charge is 0.497 e. The molecule has 162 valence electrons. The predicted molar refractivity (Wildman–Crippen MR) is 120 cm³/mol. The zero-order valence-electron chi connectivity index (χ0n) is 18.4. The number of methoxy groups -OCH3 is 2. The lowest BCUT2D eigenvalue weighted by molar-refractivity contribution is -0.0265. The molecular formula is C24H33N3O3. The third-order valence-corrected chi connectivity index (χ3v) is 5.55. The Balaban J connectivity index is 1.58. The maximum absolute atomic E-state index is 6.14. The molecule has 2 unspecified atom stereocenters. The predicted octanol–water partition coefficient (Wildman–Crippen LogP) is 3.85. The van der Waals surface area contributed by atoms with Crippen LogP contribution < -0.4 is 20.1 Å². The van der Waals surface area contributed by atoms with Gasteiger partial charge in [0, 0.05) is 44.3 Å². The summed E-state index contributed by atoms with van der Waals surface area (Å²) < 4.78 is 16.9. The molecule has 30 heavy (non-hydrogen) atoms. The van der Waals surface area contributed by atoms with Crippen molar-refractivity contribution in [2.45, 2.75) is 32.4 Å². The van der Waals surface area contributed by atoms with E-state index in [9.17, 15) is 0 Å². The lowest BCUT2D eigenvalue weighted by Crippen LogP contribution is -2.41. The van der Waals surface area contributed by atoms with Gasteiger partial charge in [-0.25, -0.2) is 0 Å². The highest BCUT2D eigenvalue weighted by Crippen LogP contribution is 2.33. The van der Waals surface area contributed by atoms with Crippen molar-refractivity contribution < 1.29 is 14.2 Å². The smallest absolute Gasteiger partial charge is 0.191 e. The van der Waals surface area contributed by atoms with Gasteiger partial charge in [-0.15, -0.1) is 0 Å². The van der Waals surface area contributed by atoms with E-state index in [0.717, 1.165) is 49.0 Å². The van der Waals surface area contributed by atoms with Crippen LogP contribution in [0.3, 0.4) is 0 Å². The highest BCUT2D eigenvalue weighted by molar-refractivity contribution is 5.79. The molecular weight excluding hydrogens is 378 g/mol. The van der Waals surface area contributed by atoms with Gasteiger partial charge in [0.15, 0.2) is 5.96 Å². The SMILES string of the molecule is CN=C(NCc1ccc(OC)cc1OC)NCC1CCCOC1c1ccc(C)cc1. The zero-order chi connectivity index (χ0) is 21.3. The molecule has 1 fully saturated rings. The molecule has 1 aliphatic rings. The molecule has 1 heterocycles. The van der Waals surface area contributed by atoms with E-state index in [1.807, 2.05) is 18.2 Å². The Morgan fingerprint density at radius 3 is 2.60 bits per heavy atom. The molecule has 6 nitrogen and oxygen atoms in total. The topological polar surface area (TPSA) is 64.1 Å². The highest BCUT2D eigenvalue weighted by Gasteiger charge is 2.27. The summed E-state index contributed by atoms with van der Waals surface area (Å²) in [5.41, 5.74) is 3.56. The van der Waals surface area contributed by atoms with Gasteiger partial charge in [-0.3, -0.25) is 4.99 Å². The van der Waals surface area contributed by atoms with Crippen LogP contribution in [-0.2, 0) is 11.3 Å². The van der Waals surface area contributed by atoms with Crippen molar-refractivity contribution in [1.29, 1.82) is 0 Å². The Hall–Kier alpha value is -2.73. The Morgan fingerprint density at radius 1 is 1.10 bits per heavy atom. The van der Waals surface area contributed by atoms with Gasteiger partial charge in [-0.1, -0.05) is 29.8 Å². The summed E-state index contributed by atoms with van der Waals surface area (Å²) in [6, 6.07) is 14.5. The van der Waals surface area contributed by atoms with Crippen LogP contribution in [0.15, 0.2) is 47.5 Å². The van der Waals surface area contributed by atoms with Crippen molar-refractivity contribution in [2.24, 2.45) is 10.9 Å². The van der Waals surface area contributed by atoms with Gasteiger partial charge >= 0.3 is 0 Å². The van der Waals surface area contributed by atoms with Gasteiger partial charge < -0.3 is 24.8 Å². The Bertz CT molecular complexity index is 836. The summed E-state index contributed by atoms with van der Waals surface area (Å²) >= 11 is 0. The molecule has 0 aliphatic carbocycles. The van der Waals surface area contributed by atoms with E-state index >= 15 is 0 Å². The molecule has 0 aromatic heterocycles. The van der Waals surface area contributed by atoms with Gasteiger partial charge in [0.2, 0.25) is 0 Å². The summed E-state index contributed by atoms with van der Waals surface area (Å²) in [7, 11) is 5.10. The molecule has 2 aromatic carbocycles. The third kappa shape index (κ3) is 5.66.